The maximum Gasteiger partial charge on any atom is 0.0409 e. The van der Waals surface area contributed by atoms with Gasteiger partial charge in [0.1, 0.15) is 0 Å². The lowest BCUT2D eigenvalue weighted by atomic mass is 9.96. The maximum atomic E-state index is 6.10. The molecule has 1 aromatic rings. The molecule has 1 aromatic carbocycles. The molecule has 1 N–H and O–H groups in total. The van der Waals surface area contributed by atoms with Gasteiger partial charge in [0.25, 0.3) is 0 Å². The number of rotatable bonds is 5. The number of halogens is 1. The SMILES string of the molecule is CCN(CC1CCNCC1)C(C)c1cccc(Cl)c1. The molecule has 0 aromatic heterocycles. The minimum Gasteiger partial charge on any atom is -0.317 e. The van der Waals surface area contributed by atoms with Crippen LogP contribution in [0.2, 0.25) is 5.02 Å². The Kier molecular flexibility index (Phi) is 5.68. The summed E-state index contributed by atoms with van der Waals surface area (Å²) in [7, 11) is 0. The maximum absolute atomic E-state index is 6.10. The van der Waals surface area contributed by atoms with E-state index in [1.165, 1.54) is 38.0 Å². The summed E-state index contributed by atoms with van der Waals surface area (Å²) in [6.07, 6.45) is 2.61. The molecule has 3 heteroatoms. The zero-order valence-corrected chi connectivity index (χ0v) is 12.8. The quantitative estimate of drug-likeness (QED) is 0.884. The van der Waals surface area contributed by atoms with Gasteiger partial charge in [-0.25, -0.2) is 0 Å². The minimum atomic E-state index is 0.443. The van der Waals surface area contributed by atoms with Crippen LogP contribution in [0.25, 0.3) is 0 Å². The highest BCUT2D eigenvalue weighted by atomic mass is 35.5. The monoisotopic (exact) mass is 280 g/mol. The van der Waals surface area contributed by atoms with Gasteiger partial charge in [-0.3, -0.25) is 4.90 Å². The third kappa shape index (κ3) is 4.20. The van der Waals surface area contributed by atoms with Crippen molar-refractivity contribution >= 4 is 11.6 Å². The molecule has 1 heterocycles. The molecule has 2 rings (SSSR count). The Hall–Kier alpha value is -0.570. The van der Waals surface area contributed by atoms with Crippen molar-refractivity contribution in [1.29, 1.82) is 0 Å². The van der Waals surface area contributed by atoms with Crippen LogP contribution in [-0.4, -0.2) is 31.1 Å². The van der Waals surface area contributed by atoms with Gasteiger partial charge in [-0.15, -0.1) is 0 Å². The number of hydrogen-bond donors (Lipinski definition) is 1. The van der Waals surface area contributed by atoms with Crippen molar-refractivity contribution in [1.82, 2.24) is 10.2 Å². The Morgan fingerprint density at radius 3 is 2.74 bits per heavy atom. The number of hydrogen-bond acceptors (Lipinski definition) is 2. The van der Waals surface area contributed by atoms with Crippen LogP contribution < -0.4 is 5.32 Å². The fraction of sp³-hybridized carbons (Fsp3) is 0.625. The molecule has 0 amide bonds. The second-order valence-corrected chi connectivity index (χ2v) is 5.95. The van der Waals surface area contributed by atoms with Crippen molar-refractivity contribution in [2.75, 3.05) is 26.2 Å². The molecule has 0 spiro atoms. The van der Waals surface area contributed by atoms with Gasteiger partial charge in [-0.1, -0.05) is 30.7 Å². The first-order valence-electron chi connectivity index (χ1n) is 7.41. The van der Waals surface area contributed by atoms with E-state index < -0.39 is 0 Å². The Bertz CT molecular complexity index is 388. The summed E-state index contributed by atoms with van der Waals surface area (Å²) in [6.45, 7) is 9.18. The second kappa shape index (κ2) is 7.28. The smallest absolute Gasteiger partial charge is 0.0409 e. The highest BCUT2D eigenvalue weighted by Crippen LogP contribution is 2.25. The van der Waals surface area contributed by atoms with Crippen LogP contribution >= 0.6 is 11.6 Å². The molecule has 0 radical (unpaired) electrons. The third-order valence-electron chi connectivity index (χ3n) is 4.24. The van der Waals surface area contributed by atoms with Crippen molar-refractivity contribution < 1.29 is 0 Å². The molecule has 1 fully saturated rings. The lowest BCUT2D eigenvalue weighted by Crippen LogP contribution is -2.37. The van der Waals surface area contributed by atoms with Crippen molar-refractivity contribution in [3.8, 4) is 0 Å². The van der Waals surface area contributed by atoms with Crippen LogP contribution in [0.1, 0.15) is 38.3 Å². The van der Waals surface area contributed by atoms with Crippen molar-refractivity contribution in [2.24, 2.45) is 5.92 Å². The van der Waals surface area contributed by atoms with E-state index in [-0.39, 0.29) is 0 Å². The summed E-state index contributed by atoms with van der Waals surface area (Å²) in [5.74, 6) is 0.836. The van der Waals surface area contributed by atoms with Crippen molar-refractivity contribution in [3.05, 3.63) is 34.9 Å². The molecule has 0 aliphatic carbocycles. The second-order valence-electron chi connectivity index (χ2n) is 5.51. The summed E-state index contributed by atoms with van der Waals surface area (Å²) in [4.78, 5) is 2.57. The first-order chi connectivity index (χ1) is 9.20. The number of nitrogens with one attached hydrogen (secondary N) is 1. The Morgan fingerprint density at radius 2 is 2.11 bits per heavy atom. The van der Waals surface area contributed by atoms with Gasteiger partial charge in [0, 0.05) is 17.6 Å². The molecule has 19 heavy (non-hydrogen) atoms. The first-order valence-corrected chi connectivity index (χ1v) is 7.78. The van der Waals surface area contributed by atoms with Gasteiger partial charge < -0.3 is 5.32 Å². The molecule has 0 saturated carbocycles. The molecule has 1 aliphatic rings. The Labute approximate surface area is 122 Å². The van der Waals surface area contributed by atoms with E-state index in [0.717, 1.165) is 17.5 Å². The molecular formula is C16H25ClN2. The van der Waals surface area contributed by atoms with Gasteiger partial charge in [0.15, 0.2) is 0 Å². The predicted molar refractivity (Wildman–Crippen MR) is 82.7 cm³/mol. The topological polar surface area (TPSA) is 15.3 Å². The fourth-order valence-corrected chi connectivity index (χ4v) is 3.13. The largest absolute Gasteiger partial charge is 0.317 e. The first kappa shape index (κ1) is 14.8. The molecule has 0 bridgehead atoms. The van der Waals surface area contributed by atoms with Gasteiger partial charge >= 0.3 is 0 Å². The van der Waals surface area contributed by atoms with Crippen LogP contribution in [-0.2, 0) is 0 Å². The lowest BCUT2D eigenvalue weighted by molar-refractivity contribution is 0.169. The highest BCUT2D eigenvalue weighted by Gasteiger charge is 2.20. The molecular weight excluding hydrogens is 256 g/mol. The van der Waals surface area contributed by atoms with E-state index in [2.05, 4.69) is 36.2 Å². The molecule has 1 saturated heterocycles. The zero-order chi connectivity index (χ0) is 13.7. The van der Waals surface area contributed by atoms with E-state index in [0.29, 0.717) is 6.04 Å². The number of piperidine rings is 1. The van der Waals surface area contributed by atoms with Crippen LogP contribution in [0, 0.1) is 5.92 Å². The lowest BCUT2D eigenvalue weighted by Gasteiger charge is -2.33. The van der Waals surface area contributed by atoms with E-state index >= 15 is 0 Å². The standard InChI is InChI=1S/C16H25ClN2/c1-3-19(12-14-7-9-18-10-8-14)13(2)15-5-4-6-16(17)11-15/h4-6,11,13-14,18H,3,7-10,12H2,1-2H3. The number of benzene rings is 1. The summed E-state index contributed by atoms with van der Waals surface area (Å²) in [6, 6.07) is 8.71. The third-order valence-corrected chi connectivity index (χ3v) is 4.47. The van der Waals surface area contributed by atoms with E-state index in [1.807, 2.05) is 12.1 Å². The van der Waals surface area contributed by atoms with Crippen LogP contribution in [0.15, 0.2) is 24.3 Å². The fourth-order valence-electron chi connectivity index (χ4n) is 2.93. The van der Waals surface area contributed by atoms with Gasteiger partial charge in [0.2, 0.25) is 0 Å². The summed E-state index contributed by atoms with van der Waals surface area (Å²) >= 11 is 6.10. The highest BCUT2D eigenvalue weighted by molar-refractivity contribution is 6.30. The molecule has 1 atom stereocenters. The Balaban J connectivity index is 1.99. The van der Waals surface area contributed by atoms with E-state index in [1.54, 1.807) is 0 Å². The van der Waals surface area contributed by atoms with Crippen LogP contribution in [0.5, 0.6) is 0 Å². The normalized spacial score (nSPS) is 18.7. The van der Waals surface area contributed by atoms with Crippen molar-refractivity contribution in [2.45, 2.75) is 32.7 Å². The Morgan fingerprint density at radius 1 is 1.37 bits per heavy atom. The average molecular weight is 281 g/mol. The van der Waals surface area contributed by atoms with Crippen LogP contribution in [0.3, 0.4) is 0 Å². The van der Waals surface area contributed by atoms with Gasteiger partial charge in [-0.05, 0) is 63.0 Å². The predicted octanol–water partition coefficient (Wildman–Crippen LogP) is 3.72. The van der Waals surface area contributed by atoms with Crippen molar-refractivity contribution in [3.63, 3.8) is 0 Å². The molecule has 1 unspecified atom stereocenters. The van der Waals surface area contributed by atoms with Crippen LogP contribution in [0.4, 0.5) is 0 Å². The number of nitrogens with zero attached hydrogens (tertiary/aromatic N) is 1. The zero-order valence-electron chi connectivity index (χ0n) is 12.0. The molecule has 2 nitrogen and oxygen atoms in total. The van der Waals surface area contributed by atoms with Gasteiger partial charge in [-0.2, -0.15) is 0 Å². The summed E-state index contributed by atoms with van der Waals surface area (Å²) in [5, 5.41) is 4.27. The van der Waals surface area contributed by atoms with E-state index in [4.69, 9.17) is 11.6 Å². The van der Waals surface area contributed by atoms with E-state index in [9.17, 15) is 0 Å². The molecule has 106 valence electrons. The molecule has 1 aliphatic heterocycles. The minimum absolute atomic E-state index is 0.443. The summed E-state index contributed by atoms with van der Waals surface area (Å²) in [5.41, 5.74) is 1.32. The average Bonchev–Trinajstić information content (AvgIpc) is 2.45. The van der Waals surface area contributed by atoms with Gasteiger partial charge in [0.05, 0.1) is 0 Å². The summed E-state index contributed by atoms with van der Waals surface area (Å²) < 4.78 is 0.